The first-order valence-corrected chi connectivity index (χ1v) is 10.3. The van der Waals surface area contributed by atoms with Gasteiger partial charge in [-0.15, -0.1) is 0 Å². The molecule has 2 N–H and O–H groups in total. The topological polar surface area (TPSA) is 69.8 Å². The average molecular weight is 397 g/mol. The van der Waals surface area contributed by atoms with E-state index < -0.39 is 0 Å². The minimum Gasteiger partial charge on any atom is -0.326 e. The zero-order valence-corrected chi connectivity index (χ0v) is 17.4. The molecule has 1 aromatic heterocycles. The molecule has 6 heteroatoms. The van der Waals surface area contributed by atoms with Crippen molar-refractivity contribution in [2.24, 2.45) is 5.92 Å². The molecule has 29 heavy (non-hydrogen) atoms. The summed E-state index contributed by atoms with van der Waals surface area (Å²) in [7, 11) is 0. The molecule has 1 aromatic carbocycles. The van der Waals surface area contributed by atoms with Crippen molar-refractivity contribution in [3.8, 4) is 6.07 Å². The van der Waals surface area contributed by atoms with Crippen LogP contribution in [0.1, 0.15) is 55.0 Å². The molecule has 3 rings (SSSR count). The summed E-state index contributed by atoms with van der Waals surface area (Å²) in [4.78, 5) is 12.7. The van der Waals surface area contributed by atoms with Crippen LogP contribution in [-0.2, 0) is 11.3 Å². The molecular formula is C23H29FN4O. The Kier molecular flexibility index (Phi) is 6.71. The number of rotatable bonds is 6. The van der Waals surface area contributed by atoms with E-state index in [-0.39, 0.29) is 18.3 Å². The van der Waals surface area contributed by atoms with Crippen molar-refractivity contribution in [2.75, 3.05) is 11.9 Å². The van der Waals surface area contributed by atoms with Gasteiger partial charge in [-0.25, -0.2) is 4.39 Å². The van der Waals surface area contributed by atoms with E-state index in [1.807, 2.05) is 18.4 Å². The second kappa shape index (κ2) is 9.23. The summed E-state index contributed by atoms with van der Waals surface area (Å²) in [6, 6.07) is 8.85. The SMILES string of the molecule is Cc1c(C#N)c(NC(=O)CNC2CCCCC2C)n(Cc2ccc(F)cc2)c1C. The Bertz CT molecular complexity index is 910. The van der Waals surface area contributed by atoms with E-state index in [0.29, 0.717) is 29.9 Å². The lowest BCUT2D eigenvalue weighted by Gasteiger charge is -2.29. The molecule has 0 saturated heterocycles. The van der Waals surface area contributed by atoms with Gasteiger partial charge in [0.2, 0.25) is 5.91 Å². The number of hydrogen-bond acceptors (Lipinski definition) is 3. The van der Waals surface area contributed by atoms with Crippen LogP contribution in [0, 0.1) is 36.9 Å². The zero-order chi connectivity index (χ0) is 21.0. The summed E-state index contributed by atoms with van der Waals surface area (Å²) in [5, 5.41) is 16.0. The second-order valence-electron chi connectivity index (χ2n) is 8.06. The number of halogens is 1. The molecular weight excluding hydrogens is 367 g/mol. The third kappa shape index (κ3) is 4.86. The normalized spacial score (nSPS) is 19.0. The lowest BCUT2D eigenvalue weighted by atomic mass is 9.86. The molecule has 1 fully saturated rings. The van der Waals surface area contributed by atoms with E-state index in [1.54, 1.807) is 12.1 Å². The zero-order valence-electron chi connectivity index (χ0n) is 17.4. The Morgan fingerprint density at radius 3 is 2.59 bits per heavy atom. The van der Waals surface area contributed by atoms with Gasteiger partial charge in [0.25, 0.3) is 0 Å². The van der Waals surface area contributed by atoms with Crippen molar-refractivity contribution >= 4 is 11.7 Å². The maximum Gasteiger partial charge on any atom is 0.239 e. The van der Waals surface area contributed by atoms with Crippen LogP contribution >= 0.6 is 0 Å². The highest BCUT2D eigenvalue weighted by Crippen LogP contribution is 2.28. The molecule has 1 saturated carbocycles. The van der Waals surface area contributed by atoms with Crippen LogP contribution in [0.25, 0.3) is 0 Å². The highest BCUT2D eigenvalue weighted by molar-refractivity contribution is 5.93. The number of benzene rings is 1. The number of carbonyl (C=O) groups is 1. The molecule has 1 aliphatic carbocycles. The summed E-state index contributed by atoms with van der Waals surface area (Å²) in [5.74, 6) is 0.633. The first-order valence-electron chi connectivity index (χ1n) is 10.3. The number of anilines is 1. The molecule has 2 aromatic rings. The van der Waals surface area contributed by atoms with Gasteiger partial charge in [0.1, 0.15) is 17.7 Å². The number of nitrogens with one attached hydrogen (secondary N) is 2. The molecule has 5 nitrogen and oxygen atoms in total. The highest BCUT2D eigenvalue weighted by Gasteiger charge is 2.23. The lowest BCUT2D eigenvalue weighted by Crippen LogP contribution is -2.41. The van der Waals surface area contributed by atoms with E-state index in [0.717, 1.165) is 23.2 Å². The minimum atomic E-state index is -0.289. The predicted octanol–water partition coefficient (Wildman–Crippen LogP) is 4.27. The molecule has 2 unspecified atom stereocenters. The summed E-state index contributed by atoms with van der Waals surface area (Å²) in [6.45, 7) is 6.71. The van der Waals surface area contributed by atoms with E-state index in [4.69, 9.17) is 0 Å². The van der Waals surface area contributed by atoms with E-state index >= 15 is 0 Å². The molecule has 0 aliphatic heterocycles. The van der Waals surface area contributed by atoms with Gasteiger partial charge in [-0.05, 0) is 55.9 Å². The Balaban J connectivity index is 1.76. The maximum absolute atomic E-state index is 13.2. The van der Waals surface area contributed by atoms with Crippen molar-refractivity contribution in [3.63, 3.8) is 0 Å². The van der Waals surface area contributed by atoms with Crippen molar-refractivity contribution < 1.29 is 9.18 Å². The fourth-order valence-corrected chi connectivity index (χ4v) is 4.12. The number of nitrogens with zero attached hydrogens (tertiary/aromatic N) is 2. The van der Waals surface area contributed by atoms with Gasteiger partial charge >= 0.3 is 0 Å². The molecule has 0 radical (unpaired) electrons. The van der Waals surface area contributed by atoms with E-state index in [9.17, 15) is 14.4 Å². The molecule has 2 atom stereocenters. The van der Waals surface area contributed by atoms with Gasteiger partial charge in [-0.3, -0.25) is 4.79 Å². The van der Waals surface area contributed by atoms with Crippen LogP contribution in [0.3, 0.4) is 0 Å². The maximum atomic E-state index is 13.2. The fourth-order valence-electron chi connectivity index (χ4n) is 4.12. The first kappa shape index (κ1) is 21.1. The number of nitriles is 1. The van der Waals surface area contributed by atoms with Crippen molar-refractivity contribution in [1.82, 2.24) is 9.88 Å². The highest BCUT2D eigenvalue weighted by atomic mass is 19.1. The minimum absolute atomic E-state index is 0.155. The van der Waals surface area contributed by atoms with E-state index in [1.165, 1.54) is 31.4 Å². The second-order valence-corrected chi connectivity index (χ2v) is 8.06. The molecule has 1 amide bonds. The largest absolute Gasteiger partial charge is 0.326 e. The monoisotopic (exact) mass is 396 g/mol. The van der Waals surface area contributed by atoms with Gasteiger partial charge < -0.3 is 15.2 Å². The molecule has 154 valence electrons. The number of aromatic nitrogens is 1. The number of amides is 1. The van der Waals surface area contributed by atoms with Crippen LogP contribution in [0.2, 0.25) is 0 Å². The van der Waals surface area contributed by atoms with Crippen molar-refractivity contribution in [2.45, 2.75) is 59.0 Å². The predicted molar refractivity (Wildman–Crippen MR) is 112 cm³/mol. The third-order valence-corrected chi connectivity index (χ3v) is 6.09. The van der Waals surface area contributed by atoms with Crippen LogP contribution in [0.4, 0.5) is 10.2 Å². The molecule has 0 spiro atoms. The smallest absolute Gasteiger partial charge is 0.239 e. The van der Waals surface area contributed by atoms with Crippen LogP contribution in [0.15, 0.2) is 24.3 Å². The average Bonchev–Trinajstić information content (AvgIpc) is 2.93. The lowest BCUT2D eigenvalue weighted by molar-refractivity contribution is -0.115. The molecule has 1 heterocycles. The number of hydrogen-bond donors (Lipinski definition) is 2. The van der Waals surface area contributed by atoms with Crippen LogP contribution in [-0.4, -0.2) is 23.1 Å². The number of carbonyl (C=O) groups excluding carboxylic acids is 1. The van der Waals surface area contributed by atoms with Crippen molar-refractivity contribution in [3.05, 3.63) is 52.5 Å². The standard InChI is InChI=1S/C23H29FN4O/c1-15-6-4-5-7-21(15)26-13-22(29)27-23-20(12-25)16(2)17(3)28(23)14-18-8-10-19(24)11-9-18/h8-11,15,21,26H,4-7,13-14H2,1-3H3,(H,27,29). The van der Waals surface area contributed by atoms with Gasteiger partial charge in [0.05, 0.1) is 12.1 Å². The van der Waals surface area contributed by atoms with Crippen LogP contribution in [0.5, 0.6) is 0 Å². The summed E-state index contributed by atoms with van der Waals surface area (Å²) < 4.78 is 15.1. The fraction of sp³-hybridized carbons (Fsp3) is 0.478. The van der Waals surface area contributed by atoms with Gasteiger partial charge in [-0.1, -0.05) is 31.9 Å². The van der Waals surface area contributed by atoms with Crippen molar-refractivity contribution in [1.29, 1.82) is 5.26 Å². The van der Waals surface area contributed by atoms with Gasteiger partial charge in [-0.2, -0.15) is 5.26 Å². The third-order valence-electron chi connectivity index (χ3n) is 6.09. The Morgan fingerprint density at radius 2 is 1.93 bits per heavy atom. The Morgan fingerprint density at radius 1 is 1.24 bits per heavy atom. The Labute approximate surface area is 171 Å². The molecule has 0 bridgehead atoms. The molecule has 1 aliphatic rings. The van der Waals surface area contributed by atoms with Gasteiger partial charge in [0, 0.05) is 18.3 Å². The van der Waals surface area contributed by atoms with Gasteiger partial charge in [0.15, 0.2) is 0 Å². The first-order chi connectivity index (χ1) is 13.9. The summed E-state index contributed by atoms with van der Waals surface area (Å²) >= 11 is 0. The Hall–Kier alpha value is -2.65. The van der Waals surface area contributed by atoms with E-state index in [2.05, 4.69) is 23.6 Å². The quantitative estimate of drug-likeness (QED) is 0.766. The summed E-state index contributed by atoms with van der Waals surface area (Å²) in [6.07, 6.45) is 4.74. The summed E-state index contributed by atoms with van der Waals surface area (Å²) in [5.41, 5.74) is 3.14. The van der Waals surface area contributed by atoms with Crippen LogP contribution < -0.4 is 10.6 Å².